The predicted octanol–water partition coefficient (Wildman–Crippen LogP) is 3.79. The normalized spacial score (nSPS) is 16.0. The minimum absolute atomic E-state index is 0.0114. The topological polar surface area (TPSA) is 87.5 Å². The molecule has 0 saturated carbocycles. The largest absolute Gasteiger partial charge is 0.486 e. The standard InChI is InChI=1S/C29H36N4O5/c1-20-16-28(34)32(25-18-23(30(2)3)5-6-24(20)25)13-12-31-10-8-22(9-11-31)33(29(35)36)19-21-4-7-26-27(17-21)38-15-14-37-26/h4-7,16-18,22H,8-15,19H2,1-3H3,(H,35,36). The van der Waals surface area contributed by atoms with Crippen LogP contribution in [0.25, 0.3) is 10.9 Å². The van der Waals surface area contributed by atoms with Gasteiger partial charge in [0.25, 0.3) is 5.56 Å². The molecule has 0 spiro atoms. The van der Waals surface area contributed by atoms with E-state index in [0.29, 0.717) is 37.8 Å². The molecule has 1 saturated heterocycles. The number of anilines is 1. The summed E-state index contributed by atoms with van der Waals surface area (Å²) in [7, 11) is 4.00. The number of hydrogen-bond donors (Lipinski definition) is 1. The Labute approximate surface area is 222 Å². The molecule has 1 N–H and O–H groups in total. The highest BCUT2D eigenvalue weighted by Gasteiger charge is 2.28. The molecule has 2 aromatic carbocycles. The molecular weight excluding hydrogens is 484 g/mol. The second-order valence-corrected chi connectivity index (χ2v) is 10.4. The van der Waals surface area contributed by atoms with Crippen LogP contribution in [0.15, 0.2) is 47.3 Å². The Morgan fingerprint density at radius 1 is 1.00 bits per heavy atom. The number of pyridine rings is 1. The first-order valence-electron chi connectivity index (χ1n) is 13.2. The Morgan fingerprint density at radius 2 is 1.74 bits per heavy atom. The molecule has 202 valence electrons. The first-order chi connectivity index (χ1) is 18.3. The fourth-order valence-electron chi connectivity index (χ4n) is 5.48. The fourth-order valence-corrected chi connectivity index (χ4v) is 5.48. The van der Waals surface area contributed by atoms with Crippen LogP contribution in [0.2, 0.25) is 0 Å². The molecular formula is C29H36N4O5. The van der Waals surface area contributed by atoms with Crippen LogP contribution < -0.4 is 19.9 Å². The molecule has 0 aliphatic carbocycles. The number of fused-ring (bicyclic) bond motifs is 2. The number of nitrogens with zero attached hydrogens (tertiary/aromatic N) is 4. The highest BCUT2D eigenvalue weighted by atomic mass is 16.6. The Balaban J connectivity index is 1.23. The summed E-state index contributed by atoms with van der Waals surface area (Å²) in [5.74, 6) is 1.37. The monoisotopic (exact) mass is 520 g/mol. The summed E-state index contributed by atoms with van der Waals surface area (Å²) in [5, 5.41) is 11.1. The van der Waals surface area contributed by atoms with Crippen molar-refractivity contribution in [1.29, 1.82) is 0 Å². The van der Waals surface area contributed by atoms with E-state index in [2.05, 4.69) is 23.1 Å². The van der Waals surface area contributed by atoms with Crippen LogP contribution in [0.3, 0.4) is 0 Å². The van der Waals surface area contributed by atoms with Gasteiger partial charge in [0.15, 0.2) is 11.5 Å². The first kappa shape index (κ1) is 25.9. The molecule has 0 atom stereocenters. The lowest BCUT2D eigenvalue weighted by Crippen LogP contribution is -2.47. The highest BCUT2D eigenvalue weighted by Crippen LogP contribution is 2.32. The van der Waals surface area contributed by atoms with Crippen LogP contribution in [0, 0.1) is 6.92 Å². The summed E-state index contributed by atoms with van der Waals surface area (Å²) in [6.07, 6.45) is 0.601. The van der Waals surface area contributed by atoms with Crippen molar-refractivity contribution in [2.24, 2.45) is 0 Å². The summed E-state index contributed by atoms with van der Waals surface area (Å²) < 4.78 is 13.1. The number of aryl methyl sites for hydroxylation is 1. The van der Waals surface area contributed by atoms with Crippen molar-refractivity contribution in [3.05, 3.63) is 63.9 Å². The Hall–Kier alpha value is -3.72. The SMILES string of the molecule is Cc1cc(=O)n(CCN2CCC(N(Cc3ccc4c(c3)OCCO4)C(=O)O)CC2)c2cc(N(C)C)ccc12. The van der Waals surface area contributed by atoms with E-state index in [-0.39, 0.29) is 11.6 Å². The molecule has 1 aromatic heterocycles. The molecule has 9 heteroatoms. The second-order valence-electron chi connectivity index (χ2n) is 10.4. The average molecular weight is 521 g/mol. The predicted molar refractivity (Wildman–Crippen MR) is 148 cm³/mol. The van der Waals surface area contributed by atoms with E-state index in [0.717, 1.165) is 60.2 Å². The number of piperidine rings is 1. The maximum Gasteiger partial charge on any atom is 0.407 e. The fraction of sp³-hybridized carbons (Fsp3) is 0.448. The van der Waals surface area contributed by atoms with Gasteiger partial charge in [-0.2, -0.15) is 0 Å². The summed E-state index contributed by atoms with van der Waals surface area (Å²) >= 11 is 0. The van der Waals surface area contributed by atoms with Gasteiger partial charge >= 0.3 is 6.09 Å². The minimum atomic E-state index is -0.910. The Bertz CT molecular complexity index is 1380. The van der Waals surface area contributed by atoms with Crippen molar-refractivity contribution in [3.8, 4) is 11.5 Å². The number of likely N-dealkylation sites (tertiary alicyclic amines) is 1. The van der Waals surface area contributed by atoms with Gasteiger partial charge in [0.1, 0.15) is 13.2 Å². The zero-order chi connectivity index (χ0) is 26.8. The third-order valence-electron chi connectivity index (χ3n) is 7.66. The van der Waals surface area contributed by atoms with Gasteiger partial charge in [-0.05, 0) is 55.2 Å². The lowest BCUT2D eigenvalue weighted by Gasteiger charge is -2.37. The van der Waals surface area contributed by atoms with Crippen molar-refractivity contribution in [2.75, 3.05) is 51.8 Å². The molecule has 0 unspecified atom stereocenters. The molecule has 3 heterocycles. The van der Waals surface area contributed by atoms with Crippen LogP contribution in [0.5, 0.6) is 11.5 Å². The lowest BCUT2D eigenvalue weighted by molar-refractivity contribution is 0.0856. The van der Waals surface area contributed by atoms with Gasteiger partial charge in [-0.1, -0.05) is 12.1 Å². The summed E-state index contributed by atoms with van der Waals surface area (Å²) in [4.78, 5) is 31.0. The van der Waals surface area contributed by atoms with Crippen LogP contribution >= 0.6 is 0 Å². The number of aromatic nitrogens is 1. The van der Waals surface area contributed by atoms with Crippen molar-refractivity contribution in [2.45, 2.75) is 38.9 Å². The molecule has 1 amide bonds. The van der Waals surface area contributed by atoms with E-state index in [1.54, 1.807) is 11.0 Å². The molecule has 3 aromatic rings. The second kappa shape index (κ2) is 10.9. The molecule has 2 aliphatic rings. The third-order valence-corrected chi connectivity index (χ3v) is 7.66. The molecule has 1 fully saturated rings. The van der Waals surface area contributed by atoms with E-state index >= 15 is 0 Å². The number of carboxylic acid groups (broad SMARTS) is 1. The zero-order valence-corrected chi connectivity index (χ0v) is 22.4. The molecule has 38 heavy (non-hydrogen) atoms. The highest BCUT2D eigenvalue weighted by molar-refractivity contribution is 5.85. The number of benzene rings is 2. The molecule has 0 radical (unpaired) electrons. The molecule has 0 bridgehead atoms. The van der Waals surface area contributed by atoms with Crippen LogP contribution in [-0.2, 0) is 13.1 Å². The van der Waals surface area contributed by atoms with E-state index < -0.39 is 6.09 Å². The van der Waals surface area contributed by atoms with Gasteiger partial charge < -0.3 is 33.8 Å². The van der Waals surface area contributed by atoms with Crippen molar-refractivity contribution >= 4 is 22.7 Å². The number of carbonyl (C=O) groups is 1. The van der Waals surface area contributed by atoms with E-state index in [4.69, 9.17) is 9.47 Å². The quantitative estimate of drug-likeness (QED) is 0.507. The van der Waals surface area contributed by atoms with Crippen LogP contribution in [0.1, 0.15) is 24.0 Å². The number of amides is 1. The summed E-state index contributed by atoms with van der Waals surface area (Å²) in [5.41, 5.74) is 3.90. The third kappa shape index (κ3) is 5.43. The maximum absolute atomic E-state index is 12.9. The number of rotatable bonds is 7. The smallest absolute Gasteiger partial charge is 0.407 e. The van der Waals surface area contributed by atoms with Gasteiger partial charge in [-0.25, -0.2) is 4.79 Å². The number of hydrogen-bond acceptors (Lipinski definition) is 6. The first-order valence-corrected chi connectivity index (χ1v) is 13.2. The van der Waals surface area contributed by atoms with Crippen LogP contribution in [-0.4, -0.2) is 78.6 Å². The molecule has 5 rings (SSSR count). The zero-order valence-electron chi connectivity index (χ0n) is 22.4. The van der Waals surface area contributed by atoms with Crippen molar-refractivity contribution < 1.29 is 19.4 Å². The van der Waals surface area contributed by atoms with E-state index in [1.807, 2.05) is 48.7 Å². The van der Waals surface area contributed by atoms with Gasteiger partial charge in [-0.15, -0.1) is 0 Å². The van der Waals surface area contributed by atoms with E-state index in [9.17, 15) is 14.7 Å². The average Bonchev–Trinajstić information content (AvgIpc) is 2.91. The maximum atomic E-state index is 12.9. The molecule has 9 nitrogen and oxygen atoms in total. The van der Waals surface area contributed by atoms with Crippen molar-refractivity contribution in [1.82, 2.24) is 14.4 Å². The van der Waals surface area contributed by atoms with Gasteiger partial charge in [0.2, 0.25) is 0 Å². The Morgan fingerprint density at radius 3 is 2.45 bits per heavy atom. The number of ether oxygens (including phenoxy) is 2. The van der Waals surface area contributed by atoms with Gasteiger partial charge in [0, 0.05) is 70.0 Å². The Kier molecular flexibility index (Phi) is 7.46. The van der Waals surface area contributed by atoms with Gasteiger partial charge in [0.05, 0.1) is 5.52 Å². The summed E-state index contributed by atoms with van der Waals surface area (Å²) in [6, 6.07) is 13.5. The minimum Gasteiger partial charge on any atom is -0.486 e. The van der Waals surface area contributed by atoms with Gasteiger partial charge in [-0.3, -0.25) is 4.79 Å². The van der Waals surface area contributed by atoms with E-state index in [1.165, 1.54) is 0 Å². The van der Waals surface area contributed by atoms with Crippen molar-refractivity contribution in [3.63, 3.8) is 0 Å². The molecule has 2 aliphatic heterocycles. The lowest BCUT2D eigenvalue weighted by atomic mass is 10.0. The van der Waals surface area contributed by atoms with Crippen LogP contribution in [0.4, 0.5) is 10.5 Å². The summed E-state index contributed by atoms with van der Waals surface area (Å²) in [6.45, 7) is 6.23.